The lowest BCUT2D eigenvalue weighted by Crippen LogP contribution is -2.31. The molecule has 1 fully saturated rings. The molecule has 0 radical (unpaired) electrons. The van der Waals surface area contributed by atoms with E-state index in [-0.39, 0.29) is 5.24 Å². The fraction of sp³-hybridized carbons (Fsp3) is 0.353. The van der Waals surface area contributed by atoms with Crippen LogP contribution in [0.15, 0.2) is 41.8 Å². The quantitative estimate of drug-likeness (QED) is 0.719. The van der Waals surface area contributed by atoms with Crippen LogP contribution in [-0.4, -0.2) is 5.24 Å². The van der Waals surface area contributed by atoms with Crippen molar-refractivity contribution in [2.75, 3.05) is 0 Å². The van der Waals surface area contributed by atoms with Crippen molar-refractivity contribution in [1.29, 1.82) is 0 Å². The zero-order valence-electron chi connectivity index (χ0n) is 11.4. The summed E-state index contributed by atoms with van der Waals surface area (Å²) in [6.45, 7) is 1.94. The maximum atomic E-state index is 12.0. The van der Waals surface area contributed by atoms with E-state index in [4.69, 9.17) is 11.6 Å². The Kier molecular flexibility index (Phi) is 3.70. The van der Waals surface area contributed by atoms with E-state index in [0.717, 1.165) is 11.5 Å². The molecule has 0 N–H and O–H groups in total. The van der Waals surface area contributed by atoms with Gasteiger partial charge in [0.25, 0.3) is 0 Å². The van der Waals surface area contributed by atoms with Crippen LogP contribution in [0.5, 0.6) is 0 Å². The molecular weight excluding hydrogens is 288 g/mol. The molecule has 1 saturated carbocycles. The normalized spacial score (nSPS) is 17.7. The van der Waals surface area contributed by atoms with Gasteiger partial charge in [-0.25, -0.2) is 0 Å². The first-order valence-electron chi connectivity index (χ1n) is 6.92. The van der Waals surface area contributed by atoms with Crippen molar-refractivity contribution in [1.82, 2.24) is 0 Å². The maximum Gasteiger partial charge on any atom is 0.232 e. The number of hydrogen-bond acceptors (Lipinski definition) is 2. The molecule has 3 heteroatoms. The summed E-state index contributed by atoms with van der Waals surface area (Å²) in [4.78, 5) is 13.2. The van der Waals surface area contributed by atoms with Crippen LogP contribution in [0, 0.1) is 0 Å². The van der Waals surface area contributed by atoms with Crippen molar-refractivity contribution in [2.24, 2.45) is 0 Å². The smallest absolute Gasteiger partial charge is 0.232 e. The van der Waals surface area contributed by atoms with Gasteiger partial charge >= 0.3 is 0 Å². The third-order valence-electron chi connectivity index (χ3n) is 4.14. The van der Waals surface area contributed by atoms with E-state index >= 15 is 0 Å². The molecule has 0 amide bonds. The van der Waals surface area contributed by atoms with Crippen LogP contribution < -0.4 is 0 Å². The van der Waals surface area contributed by atoms with Gasteiger partial charge in [0.05, 0.1) is 5.41 Å². The van der Waals surface area contributed by atoms with E-state index in [1.165, 1.54) is 23.3 Å². The van der Waals surface area contributed by atoms with E-state index in [1.54, 1.807) is 11.3 Å². The molecule has 1 heterocycles. The van der Waals surface area contributed by atoms with Gasteiger partial charge in [-0.05, 0) is 66.3 Å². The van der Waals surface area contributed by atoms with E-state index in [0.29, 0.717) is 6.42 Å². The van der Waals surface area contributed by atoms with Gasteiger partial charge in [-0.2, -0.15) is 0 Å². The van der Waals surface area contributed by atoms with Gasteiger partial charge in [0.15, 0.2) is 0 Å². The van der Waals surface area contributed by atoms with Gasteiger partial charge < -0.3 is 0 Å². The Morgan fingerprint density at radius 3 is 2.50 bits per heavy atom. The minimum atomic E-state index is -0.644. The molecule has 0 spiro atoms. The molecule has 20 heavy (non-hydrogen) atoms. The van der Waals surface area contributed by atoms with Gasteiger partial charge in [0.1, 0.15) is 0 Å². The Hall–Kier alpha value is -1.12. The lowest BCUT2D eigenvalue weighted by atomic mass is 9.80. The van der Waals surface area contributed by atoms with Crippen molar-refractivity contribution in [3.63, 3.8) is 0 Å². The Morgan fingerprint density at radius 2 is 2.00 bits per heavy atom. The summed E-state index contributed by atoms with van der Waals surface area (Å²) in [5, 5.41) is 1.75. The van der Waals surface area contributed by atoms with Gasteiger partial charge in [0, 0.05) is 4.88 Å². The van der Waals surface area contributed by atoms with E-state index in [2.05, 4.69) is 30.3 Å². The summed E-state index contributed by atoms with van der Waals surface area (Å²) < 4.78 is 0. The highest BCUT2D eigenvalue weighted by molar-refractivity contribution is 7.09. The number of rotatable bonds is 5. The predicted octanol–water partition coefficient (Wildman–Crippen LogP) is 4.89. The van der Waals surface area contributed by atoms with Gasteiger partial charge in [-0.3, -0.25) is 4.79 Å². The van der Waals surface area contributed by atoms with Crippen LogP contribution in [0.3, 0.4) is 0 Å². The molecule has 1 unspecified atom stereocenters. The molecule has 104 valence electrons. The highest BCUT2D eigenvalue weighted by atomic mass is 35.5. The van der Waals surface area contributed by atoms with Crippen molar-refractivity contribution in [3.8, 4) is 0 Å². The molecule has 1 nitrogen and oxygen atoms in total. The molecule has 1 aliphatic rings. The maximum absolute atomic E-state index is 12.0. The number of benzene rings is 1. The third kappa shape index (κ3) is 2.68. The Morgan fingerprint density at radius 1 is 1.30 bits per heavy atom. The lowest BCUT2D eigenvalue weighted by molar-refractivity contribution is -0.116. The SMILES string of the molecule is CC(Cc1cccs1)(C(=O)Cl)c1ccc(C2CC2)cc1. The third-order valence-corrected chi connectivity index (χ3v) is 5.43. The van der Waals surface area contributed by atoms with E-state index in [9.17, 15) is 4.79 Å². The minimum Gasteiger partial charge on any atom is -0.280 e. The molecule has 3 rings (SSSR count). The first-order chi connectivity index (χ1) is 9.59. The monoisotopic (exact) mass is 304 g/mol. The van der Waals surface area contributed by atoms with Crippen molar-refractivity contribution < 1.29 is 4.79 Å². The largest absolute Gasteiger partial charge is 0.280 e. The summed E-state index contributed by atoms with van der Waals surface area (Å²) in [5.41, 5.74) is 1.75. The number of thiophene rings is 1. The lowest BCUT2D eigenvalue weighted by Gasteiger charge is -2.25. The average molecular weight is 305 g/mol. The van der Waals surface area contributed by atoms with Crippen LogP contribution in [0.2, 0.25) is 0 Å². The van der Waals surface area contributed by atoms with Crippen LogP contribution in [0.1, 0.15) is 41.7 Å². The zero-order valence-corrected chi connectivity index (χ0v) is 13.0. The fourth-order valence-electron chi connectivity index (χ4n) is 2.59. The number of hydrogen-bond donors (Lipinski definition) is 0. The van der Waals surface area contributed by atoms with E-state index < -0.39 is 5.41 Å². The van der Waals surface area contributed by atoms with Crippen LogP contribution in [0.25, 0.3) is 0 Å². The predicted molar refractivity (Wildman–Crippen MR) is 84.7 cm³/mol. The van der Waals surface area contributed by atoms with Crippen molar-refractivity contribution in [2.45, 2.75) is 37.5 Å². The molecule has 0 bridgehead atoms. The molecule has 2 aromatic rings. The molecule has 0 aliphatic heterocycles. The van der Waals surface area contributed by atoms with Crippen molar-refractivity contribution >= 4 is 28.2 Å². The number of halogens is 1. The Balaban J connectivity index is 1.90. The highest BCUT2D eigenvalue weighted by Gasteiger charge is 2.35. The van der Waals surface area contributed by atoms with Gasteiger partial charge in [-0.1, -0.05) is 30.3 Å². The highest BCUT2D eigenvalue weighted by Crippen LogP contribution is 2.41. The van der Waals surface area contributed by atoms with Gasteiger partial charge in [0.2, 0.25) is 5.24 Å². The summed E-state index contributed by atoms with van der Waals surface area (Å²) in [6.07, 6.45) is 3.25. The first kappa shape index (κ1) is 13.8. The second-order valence-corrected chi connectivity index (χ2v) is 7.13. The second-order valence-electron chi connectivity index (χ2n) is 5.76. The molecule has 0 saturated heterocycles. The summed E-state index contributed by atoms with van der Waals surface area (Å²) >= 11 is 7.59. The molecular formula is C17H17ClOS. The molecule has 1 aliphatic carbocycles. The fourth-order valence-corrected chi connectivity index (χ4v) is 3.62. The first-order valence-corrected chi connectivity index (χ1v) is 8.18. The number of carbonyl (C=O) groups is 1. The Labute approximate surface area is 128 Å². The van der Waals surface area contributed by atoms with Crippen LogP contribution >= 0.6 is 22.9 Å². The van der Waals surface area contributed by atoms with Gasteiger partial charge in [-0.15, -0.1) is 11.3 Å². The standard InChI is InChI=1S/C17H17ClOS/c1-17(16(18)19,11-15-3-2-10-20-15)14-8-6-13(7-9-14)12-4-5-12/h2-3,6-10,12H,4-5,11H2,1H3. The number of carbonyl (C=O) groups excluding carboxylic acids is 1. The molecule has 1 aromatic heterocycles. The second kappa shape index (κ2) is 5.34. The van der Waals surface area contributed by atoms with Crippen LogP contribution in [-0.2, 0) is 16.6 Å². The molecule has 1 aromatic carbocycles. The summed E-state index contributed by atoms with van der Waals surface area (Å²) in [7, 11) is 0. The van der Waals surface area contributed by atoms with Crippen LogP contribution in [0.4, 0.5) is 0 Å². The minimum absolute atomic E-state index is 0.287. The Bertz CT molecular complexity index is 598. The topological polar surface area (TPSA) is 17.1 Å². The molecule has 1 atom stereocenters. The van der Waals surface area contributed by atoms with Crippen molar-refractivity contribution in [3.05, 3.63) is 57.8 Å². The van der Waals surface area contributed by atoms with E-state index in [1.807, 2.05) is 18.4 Å². The zero-order chi connectivity index (χ0) is 14.2. The average Bonchev–Trinajstić information content (AvgIpc) is 3.18. The summed E-state index contributed by atoms with van der Waals surface area (Å²) in [5.74, 6) is 0.735. The summed E-state index contributed by atoms with van der Waals surface area (Å²) in [6, 6.07) is 12.5.